The van der Waals surface area contributed by atoms with Crippen molar-refractivity contribution in [3.63, 3.8) is 0 Å². The number of nitrogens with two attached hydrogens (primary N) is 1. The van der Waals surface area contributed by atoms with Crippen LogP contribution in [0.5, 0.6) is 5.75 Å². The molecular formula is C14H18N2O4. The Bertz CT molecular complexity index is 500. The summed E-state index contributed by atoms with van der Waals surface area (Å²) in [7, 11) is 0. The van der Waals surface area contributed by atoms with E-state index in [1.807, 2.05) is 0 Å². The van der Waals surface area contributed by atoms with Crippen molar-refractivity contribution in [3.8, 4) is 5.75 Å². The van der Waals surface area contributed by atoms with E-state index in [4.69, 9.17) is 10.8 Å². The fraction of sp³-hybridized carbons (Fsp3) is 0.429. The smallest absolute Gasteiger partial charge is 0.326 e. The number of aliphatic carboxylic acids is 1. The summed E-state index contributed by atoms with van der Waals surface area (Å²) in [4.78, 5) is 24.6. The molecule has 2 rings (SSSR count). The Hall–Kier alpha value is -2.08. The summed E-state index contributed by atoms with van der Waals surface area (Å²) in [6, 6.07) is 4.93. The molecule has 0 aliphatic carbocycles. The number of carbonyl (C=O) groups excluding carboxylic acids is 1. The lowest BCUT2D eigenvalue weighted by molar-refractivity contribution is -0.148. The summed E-state index contributed by atoms with van der Waals surface area (Å²) in [5.41, 5.74) is 6.71. The zero-order chi connectivity index (χ0) is 14.7. The van der Waals surface area contributed by atoms with Gasteiger partial charge in [0.1, 0.15) is 11.8 Å². The number of nitrogens with zero attached hydrogens (tertiary/aromatic N) is 1. The van der Waals surface area contributed by atoms with Crippen LogP contribution >= 0.6 is 0 Å². The number of phenols is 1. The van der Waals surface area contributed by atoms with E-state index in [9.17, 15) is 14.7 Å². The Kier molecular flexibility index (Phi) is 4.24. The zero-order valence-corrected chi connectivity index (χ0v) is 11.0. The third-order valence-corrected chi connectivity index (χ3v) is 3.53. The van der Waals surface area contributed by atoms with Crippen molar-refractivity contribution >= 4 is 11.9 Å². The van der Waals surface area contributed by atoms with Crippen molar-refractivity contribution < 1.29 is 19.8 Å². The number of hydrogen-bond acceptors (Lipinski definition) is 4. The quantitative estimate of drug-likeness (QED) is 0.736. The number of aromatic hydroxyl groups is 1. The van der Waals surface area contributed by atoms with Crippen LogP contribution in [0.25, 0.3) is 0 Å². The number of amides is 1. The van der Waals surface area contributed by atoms with Gasteiger partial charge < -0.3 is 20.8 Å². The highest BCUT2D eigenvalue weighted by Crippen LogP contribution is 2.19. The predicted molar refractivity (Wildman–Crippen MR) is 72.2 cm³/mol. The number of hydrogen-bond donors (Lipinski definition) is 3. The van der Waals surface area contributed by atoms with Crippen molar-refractivity contribution in [1.29, 1.82) is 0 Å². The van der Waals surface area contributed by atoms with E-state index in [1.165, 1.54) is 17.0 Å². The van der Waals surface area contributed by atoms with Gasteiger partial charge in [0.25, 0.3) is 0 Å². The molecule has 0 aromatic heterocycles. The molecule has 0 bridgehead atoms. The number of benzene rings is 1. The Morgan fingerprint density at radius 1 is 1.35 bits per heavy atom. The monoisotopic (exact) mass is 278 g/mol. The first-order valence-electron chi connectivity index (χ1n) is 6.56. The number of likely N-dealkylation sites (tertiary alicyclic amines) is 1. The molecule has 0 radical (unpaired) electrons. The molecule has 1 amide bonds. The second kappa shape index (κ2) is 5.92. The Morgan fingerprint density at radius 3 is 2.60 bits per heavy atom. The molecule has 0 spiro atoms. The topological polar surface area (TPSA) is 104 Å². The first-order valence-corrected chi connectivity index (χ1v) is 6.56. The lowest BCUT2D eigenvalue weighted by atomic mass is 10.0. The number of carboxylic acid groups (broad SMARTS) is 1. The SMILES string of the molecule is NC(Cc1ccc(O)cc1)C(=O)N1CCC[C@@H]1C(=O)O. The molecule has 1 saturated heterocycles. The van der Waals surface area contributed by atoms with Gasteiger partial charge in [-0.25, -0.2) is 4.79 Å². The molecule has 1 aliphatic rings. The van der Waals surface area contributed by atoms with Gasteiger partial charge in [0.2, 0.25) is 5.91 Å². The van der Waals surface area contributed by atoms with Crippen molar-refractivity contribution in [2.24, 2.45) is 5.73 Å². The minimum Gasteiger partial charge on any atom is -0.508 e. The minimum absolute atomic E-state index is 0.152. The van der Waals surface area contributed by atoms with Crippen LogP contribution in [0.4, 0.5) is 0 Å². The van der Waals surface area contributed by atoms with Crippen molar-refractivity contribution in [2.75, 3.05) is 6.54 Å². The number of rotatable bonds is 4. The first-order chi connectivity index (χ1) is 9.49. The molecule has 1 heterocycles. The predicted octanol–water partition coefficient (Wildman–Crippen LogP) is 0.338. The molecule has 6 heteroatoms. The van der Waals surface area contributed by atoms with Gasteiger partial charge in [-0.3, -0.25) is 4.79 Å². The molecule has 4 N–H and O–H groups in total. The van der Waals surface area contributed by atoms with E-state index in [0.717, 1.165) is 5.56 Å². The normalized spacial score (nSPS) is 19.9. The van der Waals surface area contributed by atoms with Gasteiger partial charge in [-0.15, -0.1) is 0 Å². The summed E-state index contributed by atoms with van der Waals surface area (Å²) in [6.45, 7) is 0.444. The van der Waals surface area contributed by atoms with Crippen molar-refractivity contribution in [1.82, 2.24) is 4.90 Å². The van der Waals surface area contributed by atoms with Crippen LogP contribution < -0.4 is 5.73 Å². The van der Waals surface area contributed by atoms with Gasteiger partial charge in [0.05, 0.1) is 6.04 Å². The third-order valence-electron chi connectivity index (χ3n) is 3.53. The van der Waals surface area contributed by atoms with Gasteiger partial charge in [0, 0.05) is 6.54 Å². The maximum Gasteiger partial charge on any atom is 0.326 e. The summed E-state index contributed by atoms with van der Waals surface area (Å²) in [6.07, 6.45) is 1.49. The highest BCUT2D eigenvalue weighted by molar-refractivity contribution is 5.87. The maximum atomic E-state index is 12.2. The molecule has 20 heavy (non-hydrogen) atoms. The van der Waals surface area contributed by atoms with Gasteiger partial charge in [0.15, 0.2) is 0 Å². The van der Waals surface area contributed by atoms with Crippen molar-refractivity contribution in [3.05, 3.63) is 29.8 Å². The molecule has 1 aromatic rings. The number of carbonyl (C=O) groups is 2. The fourth-order valence-corrected chi connectivity index (χ4v) is 2.47. The highest BCUT2D eigenvalue weighted by atomic mass is 16.4. The van der Waals surface area contributed by atoms with Gasteiger partial charge in [-0.1, -0.05) is 12.1 Å². The summed E-state index contributed by atoms with van der Waals surface area (Å²) in [5.74, 6) is -1.16. The van der Waals surface area contributed by atoms with Gasteiger partial charge in [-0.2, -0.15) is 0 Å². The van der Waals surface area contributed by atoms with Gasteiger partial charge >= 0.3 is 5.97 Å². The maximum absolute atomic E-state index is 12.2. The Balaban J connectivity index is 2.01. The molecule has 1 unspecified atom stereocenters. The second-order valence-electron chi connectivity index (χ2n) is 5.00. The minimum atomic E-state index is -0.979. The number of phenolic OH excluding ortho intramolecular Hbond substituents is 1. The molecule has 108 valence electrons. The highest BCUT2D eigenvalue weighted by Gasteiger charge is 2.35. The van der Waals surface area contributed by atoms with E-state index >= 15 is 0 Å². The molecular weight excluding hydrogens is 260 g/mol. The average Bonchev–Trinajstić information content (AvgIpc) is 2.90. The molecule has 2 atom stereocenters. The van der Waals surface area contributed by atoms with Crippen LogP contribution in [0.15, 0.2) is 24.3 Å². The molecule has 1 aliphatic heterocycles. The van der Waals surface area contributed by atoms with Crippen LogP contribution in [0.2, 0.25) is 0 Å². The average molecular weight is 278 g/mol. The largest absolute Gasteiger partial charge is 0.508 e. The lowest BCUT2D eigenvalue weighted by Gasteiger charge is -2.24. The van der Waals surface area contributed by atoms with Crippen LogP contribution in [0, 0.1) is 0 Å². The second-order valence-corrected chi connectivity index (χ2v) is 5.00. The molecule has 1 fully saturated rings. The molecule has 1 aromatic carbocycles. The Morgan fingerprint density at radius 2 is 2.00 bits per heavy atom. The van der Waals surface area contributed by atoms with Gasteiger partial charge in [-0.05, 0) is 37.0 Å². The Labute approximate surface area is 116 Å². The zero-order valence-electron chi connectivity index (χ0n) is 11.0. The van der Waals surface area contributed by atoms with E-state index in [2.05, 4.69) is 0 Å². The first kappa shape index (κ1) is 14.3. The lowest BCUT2D eigenvalue weighted by Crippen LogP contribution is -2.49. The number of carboxylic acids is 1. The van der Waals surface area contributed by atoms with E-state index < -0.39 is 18.1 Å². The molecule has 6 nitrogen and oxygen atoms in total. The van der Waals surface area contributed by atoms with Crippen LogP contribution in [0.3, 0.4) is 0 Å². The molecule has 0 saturated carbocycles. The summed E-state index contributed by atoms with van der Waals surface area (Å²) in [5, 5.41) is 18.3. The van der Waals surface area contributed by atoms with E-state index in [0.29, 0.717) is 25.8 Å². The summed E-state index contributed by atoms with van der Waals surface area (Å²) >= 11 is 0. The standard InChI is InChI=1S/C14H18N2O4/c15-11(8-9-3-5-10(17)6-4-9)13(18)16-7-1-2-12(16)14(19)20/h3-6,11-12,17H,1-2,7-8,15H2,(H,19,20)/t11?,12-/m1/s1. The summed E-state index contributed by atoms with van der Waals surface area (Å²) < 4.78 is 0. The fourth-order valence-electron chi connectivity index (χ4n) is 2.47. The van der Waals surface area contributed by atoms with E-state index in [-0.39, 0.29) is 11.7 Å². The third kappa shape index (κ3) is 3.08. The van der Waals surface area contributed by atoms with Crippen LogP contribution in [-0.4, -0.2) is 45.6 Å². The van der Waals surface area contributed by atoms with Crippen LogP contribution in [0.1, 0.15) is 18.4 Å². The van der Waals surface area contributed by atoms with Crippen molar-refractivity contribution in [2.45, 2.75) is 31.3 Å². The van der Waals surface area contributed by atoms with E-state index in [1.54, 1.807) is 12.1 Å². The van der Waals surface area contributed by atoms with Crippen LogP contribution in [-0.2, 0) is 16.0 Å².